The van der Waals surface area contributed by atoms with Crippen molar-refractivity contribution in [2.45, 2.75) is 98.3 Å². The Morgan fingerprint density at radius 1 is 0.923 bits per heavy atom. The van der Waals surface area contributed by atoms with E-state index in [2.05, 4.69) is 27.7 Å². The molecule has 4 fully saturated rings. The van der Waals surface area contributed by atoms with Crippen LogP contribution in [0.2, 0.25) is 0 Å². The Morgan fingerprint density at radius 3 is 2.38 bits per heavy atom. The first-order valence-electron chi connectivity index (χ1n) is 12.0. The van der Waals surface area contributed by atoms with Gasteiger partial charge in [-0.2, -0.15) is 0 Å². The van der Waals surface area contributed by atoms with Crippen LogP contribution in [-0.2, 0) is 0 Å². The van der Waals surface area contributed by atoms with Crippen molar-refractivity contribution in [2.24, 2.45) is 52.3 Å². The molecule has 0 saturated heterocycles. The third-order valence-electron chi connectivity index (χ3n) is 10.7. The molecule has 4 aliphatic rings. The number of aliphatic hydroxyl groups is 1. The van der Waals surface area contributed by atoms with Crippen LogP contribution in [0.5, 0.6) is 0 Å². The third kappa shape index (κ3) is 2.82. The number of aliphatic hydroxyl groups excluding tert-OH is 1. The molecule has 4 aliphatic carbocycles. The maximum Gasteiger partial charge on any atom is 0.0433 e. The molecule has 1 N–H and O–H groups in total. The van der Waals surface area contributed by atoms with Crippen molar-refractivity contribution in [3.63, 3.8) is 0 Å². The number of rotatable bonds is 4. The molecule has 0 heterocycles. The summed E-state index contributed by atoms with van der Waals surface area (Å²) in [6.45, 7) is 10.6. The van der Waals surface area contributed by atoms with Gasteiger partial charge in [0.1, 0.15) is 0 Å². The second-order valence-corrected chi connectivity index (χ2v) is 11.4. The smallest absolute Gasteiger partial charge is 0.0433 e. The Balaban J connectivity index is 1.54. The second kappa shape index (κ2) is 7.09. The first-order valence-corrected chi connectivity index (χ1v) is 12.0. The molecule has 0 spiro atoms. The van der Waals surface area contributed by atoms with E-state index in [4.69, 9.17) is 0 Å². The molecular formula is C25H44O. The van der Waals surface area contributed by atoms with Crippen LogP contribution in [0.4, 0.5) is 0 Å². The van der Waals surface area contributed by atoms with Gasteiger partial charge in [0.25, 0.3) is 0 Å². The Hall–Kier alpha value is -0.0400. The van der Waals surface area contributed by atoms with E-state index in [1.54, 1.807) is 0 Å². The summed E-state index contributed by atoms with van der Waals surface area (Å²) in [5.41, 5.74) is 1.23. The van der Waals surface area contributed by atoms with Gasteiger partial charge in [-0.25, -0.2) is 0 Å². The van der Waals surface area contributed by atoms with E-state index in [-0.39, 0.29) is 0 Å². The molecule has 9 unspecified atom stereocenters. The summed E-state index contributed by atoms with van der Waals surface area (Å²) in [6.07, 6.45) is 15.9. The number of hydrogen-bond acceptors (Lipinski definition) is 1. The largest absolute Gasteiger partial charge is 0.396 e. The van der Waals surface area contributed by atoms with E-state index in [1.165, 1.54) is 64.2 Å². The van der Waals surface area contributed by atoms with E-state index < -0.39 is 0 Å². The predicted molar refractivity (Wildman–Crippen MR) is 110 cm³/mol. The molecule has 0 amide bonds. The fourth-order valence-corrected chi connectivity index (χ4v) is 9.10. The average Bonchev–Trinajstić information content (AvgIpc) is 2.98. The summed E-state index contributed by atoms with van der Waals surface area (Å²) < 4.78 is 0. The van der Waals surface area contributed by atoms with Crippen molar-refractivity contribution in [3.05, 3.63) is 0 Å². The SMILES string of the molecule is CCC1CCC2(C)C(CCC3C2CCC2(C)C(C(C)CCO)CCC32)C1. The van der Waals surface area contributed by atoms with E-state index in [0.29, 0.717) is 23.4 Å². The zero-order valence-corrected chi connectivity index (χ0v) is 18.0. The molecule has 0 bridgehead atoms. The summed E-state index contributed by atoms with van der Waals surface area (Å²) in [4.78, 5) is 0. The van der Waals surface area contributed by atoms with Gasteiger partial charge in [0.2, 0.25) is 0 Å². The fourth-order valence-electron chi connectivity index (χ4n) is 9.10. The maximum atomic E-state index is 9.47. The molecule has 0 radical (unpaired) electrons. The lowest BCUT2D eigenvalue weighted by Crippen LogP contribution is -2.53. The minimum atomic E-state index is 0.378. The van der Waals surface area contributed by atoms with Gasteiger partial charge in [-0.1, -0.05) is 34.1 Å². The van der Waals surface area contributed by atoms with Gasteiger partial charge in [0, 0.05) is 6.61 Å². The normalized spacial score (nSPS) is 52.0. The van der Waals surface area contributed by atoms with Crippen LogP contribution in [0.25, 0.3) is 0 Å². The van der Waals surface area contributed by atoms with Crippen LogP contribution in [0, 0.1) is 52.3 Å². The first-order chi connectivity index (χ1) is 12.4. The van der Waals surface area contributed by atoms with Crippen LogP contribution in [0.3, 0.4) is 0 Å². The van der Waals surface area contributed by atoms with Gasteiger partial charge >= 0.3 is 0 Å². The molecule has 4 saturated carbocycles. The van der Waals surface area contributed by atoms with Crippen molar-refractivity contribution >= 4 is 0 Å². The van der Waals surface area contributed by atoms with Crippen molar-refractivity contribution in [1.82, 2.24) is 0 Å². The highest BCUT2D eigenvalue weighted by Gasteiger charge is 2.60. The van der Waals surface area contributed by atoms with Crippen LogP contribution in [0.1, 0.15) is 98.3 Å². The summed E-state index contributed by atoms with van der Waals surface area (Å²) in [7, 11) is 0. The fraction of sp³-hybridized carbons (Fsp3) is 1.00. The predicted octanol–water partition coefficient (Wildman–Crippen LogP) is 6.69. The number of fused-ring (bicyclic) bond motifs is 5. The Labute approximate surface area is 162 Å². The minimum absolute atomic E-state index is 0.378. The van der Waals surface area contributed by atoms with Crippen molar-refractivity contribution < 1.29 is 5.11 Å². The van der Waals surface area contributed by atoms with E-state index >= 15 is 0 Å². The van der Waals surface area contributed by atoms with Crippen molar-refractivity contribution in [2.75, 3.05) is 6.61 Å². The zero-order chi connectivity index (χ0) is 18.5. The monoisotopic (exact) mass is 360 g/mol. The van der Waals surface area contributed by atoms with Gasteiger partial charge in [0.05, 0.1) is 0 Å². The molecule has 0 aromatic heterocycles. The van der Waals surface area contributed by atoms with Crippen molar-refractivity contribution in [1.29, 1.82) is 0 Å². The molecule has 0 aromatic rings. The average molecular weight is 361 g/mol. The summed E-state index contributed by atoms with van der Waals surface area (Å²) >= 11 is 0. The standard InChI is InChI=1S/C25H44O/c1-5-18-10-13-24(3)19(16-18)6-7-20-22-9-8-21(17(2)12-15-26)25(22,4)14-11-23(20)24/h17-23,26H,5-16H2,1-4H3. The van der Waals surface area contributed by atoms with E-state index in [1.807, 2.05) is 0 Å². The molecule has 0 aliphatic heterocycles. The van der Waals surface area contributed by atoms with E-state index in [9.17, 15) is 5.11 Å². The maximum absolute atomic E-state index is 9.47. The molecule has 4 rings (SSSR count). The Bertz CT molecular complexity index is 500. The van der Waals surface area contributed by atoms with Crippen LogP contribution in [0.15, 0.2) is 0 Å². The van der Waals surface area contributed by atoms with Gasteiger partial charge < -0.3 is 5.11 Å². The van der Waals surface area contributed by atoms with Gasteiger partial charge in [0.15, 0.2) is 0 Å². The third-order valence-corrected chi connectivity index (χ3v) is 10.7. The highest BCUT2D eigenvalue weighted by Crippen LogP contribution is 2.68. The summed E-state index contributed by atoms with van der Waals surface area (Å²) in [6, 6.07) is 0. The lowest BCUT2D eigenvalue weighted by atomic mass is 9.44. The molecule has 150 valence electrons. The highest BCUT2D eigenvalue weighted by molar-refractivity contribution is 5.09. The summed E-state index contributed by atoms with van der Waals surface area (Å²) in [5.74, 6) is 6.63. The zero-order valence-electron chi connectivity index (χ0n) is 18.0. The highest BCUT2D eigenvalue weighted by atomic mass is 16.3. The molecule has 1 heteroatoms. The molecule has 1 nitrogen and oxygen atoms in total. The second-order valence-electron chi connectivity index (χ2n) is 11.4. The Kier molecular flexibility index (Phi) is 5.26. The molecule has 9 atom stereocenters. The quantitative estimate of drug-likeness (QED) is 0.592. The van der Waals surface area contributed by atoms with Crippen LogP contribution < -0.4 is 0 Å². The molecule has 0 aromatic carbocycles. The lowest BCUT2D eigenvalue weighted by molar-refractivity contribution is -0.121. The van der Waals surface area contributed by atoms with Crippen LogP contribution >= 0.6 is 0 Å². The Morgan fingerprint density at radius 2 is 1.65 bits per heavy atom. The summed E-state index contributed by atoms with van der Waals surface area (Å²) in [5, 5.41) is 9.47. The topological polar surface area (TPSA) is 20.2 Å². The number of hydrogen-bond donors (Lipinski definition) is 1. The molecular weight excluding hydrogens is 316 g/mol. The molecule has 26 heavy (non-hydrogen) atoms. The van der Waals surface area contributed by atoms with E-state index in [0.717, 1.165) is 41.9 Å². The minimum Gasteiger partial charge on any atom is -0.396 e. The van der Waals surface area contributed by atoms with Gasteiger partial charge in [-0.15, -0.1) is 0 Å². The first kappa shape index (κ1) is 19.3. The lowest BCUT2D eigenvalue weighted by Gasteiger charge is -2.61. The van der Waals surface area contributed by atoms with Gasteiger partial charge in [-0.05, 0) is 116 Å². The van der Waals surface area contributed by atoms with Crippen molar-refractivity contribution in [3.8, 4) is 0 Å². The van der Waals surface area contributed by atoms with Crippen LogP contribution in [-0.4, -0.2) is 11.7 Å². The van der Waals surface area contributed by atoms with Gasteiger partial charge in [-0.3, -0.25) is 0 Å².